The molecule has 0 unspecified atom stereocenters. The largest absolute Gasteiger partial charge is 0.416 e. The van der Waals surface area contributed by atoms with Gasteiger partial charge in [0.2, 0.25) is 11.8 Å². The summed E-state index contributed by atoms with van der Waals surface area (Å²) in [6, 6.07) is 10.7. The molecule has 0 radical (unpaired) electrons. The highest BCUT2D eigenvalue weighted by Crippen LogP contribution is 2.31. The number of rotatable bonds is 6. The Morgan fingerprint density at radius 3 is 2.35 bits per heavy atom. The number of halogens is 3. The first-order chi connectivity index (χ1) is 16.2. The normalized spacial score (nSPS) is 20.4. The predicted octanol–water partition coefficient (Wildman–Crippen LogP) is 4.30. The van der Waals surface area contributed by atoms with E-state index in [0.717, 1.165) is 37.8 Å². The second kappa shape index (κ2) is 10.1. The van der Waals surface area contributed by atoms with E-state index in [9.17, 15) is 27.9 Å². The van der Waals surface area contributed by atoms with Gasteiger partial charge in [-0.2, -0.15) is 13.2 Å². The Morgan fingerprint density at radius 1 is 1.09 bits per heavy atom. The SMILES string of the molecule is O=C(Nc1ccc([C@@H](O)[C@H]2COCC(=O)N2Cc2ccc(C(F)(F)F)cc2)cc1)C1CCCC1. The van der Waals surface area contributed by atoms with Crippen molar-refractivity contribution in [2.24, 2.45) is 5.92 Å². The van der Waals surface area contributed by atoms with Crippen molar-refractivity contribution in [2.45, 2.75) is 50.6 Å². The second-order valence-corrected chi connectivity index (χ2v) is 8.84. The van der Waals surface area contributed by atoms with Crippen LogP contribution in [0.1, 0.15) is 48.5 Å². The number of nitrogens with zero attached hydrogens (tertiary/aromatic N) is 1. The molecule has 2 fully saturated rings. The van der Waals surface area contributed by atoms with Gasteiger partial charge in [-0.1, -0.05) is 37.1 Å². The van der Waals surface area contributed by atoms with Gasteiger partial charge in [0.1, 0.15) is 12.7 Å². The average Bonchev–Trinajstić information content (AvgIpc) is 3.35. The third kappa shape index (κ3) is 5.59. The van der Waals surface area contributed by atoms with E-state index in [2.05, 4.69) is 5.32 Å². The predicted molar refractivity (Wildman–Crippen MR) is 119 cm³/mol. The van der Waals surface area contributed by atoms with Crippen LogP contribution in [0.15, 0.2) is 48.5 Å². The van der Waals surface area contributed by atoms with Gasteiger partial charge in [0.25, 0.3) is 0 Å². The Bertz CT molecular complexity index is 1000. The number of carbonyl (C=O) groups is 2. The molecule has 0 aromatic heterocycles. The molecule has 0 spiro atoms. The lowest BCUT2D eigenvalue weighted by atomic mass is 9.99. The van der Waals surface area contributed by atoms with Crippen LogP contribution in [0.3, 0.4) is 0 Å². The highest BCUT2D eigenvalue weighted by atomic mass is 19.4. The van der Waals surface area contributed by atoms with E-state index in [1.165, 1.54) is 17.0 Å². The van der Waals surface area contributed by atoms with Crippen LogP contribution in [0.2, 0.25) is 0 Å². The maximum atomic E-state index is 12.8. The van der Waals surface area contributed by atoms with Crippen molar-refractivity contribution in [3.63, 3.8) is 0 Å². The first kappa shape index (κ1) is 24.2. The van der Waals surface area contributed by atoms with Gasteiger partial charge < -0.3 is 20.1 Å². The van der Waals surface area contributed by atoms with E-state index in [4.69, 9.17) is 4.74 Å². The van der Waals surface area contributed by atoms with Crippen LogP contribution >= 0.6 is 0 Å². The Labute approximate surface area is 195 Å². The van der Waals surface area contributed by atoms with Crippen LogP contribution in [0.4, 0.5) is 18.9 Å². The van der Waals surface area contributed by atoms with E-state index in [-0.39, 0.29) is 37.5 Å². The summed E-state index contributed by atoms with van der Waals surface area (Å²) >= 11 is 0. The molecule has 2 amide bonds. The molecule has 4 rings (SSSR count). The lowest BCUT2D eigenvalue weighted by Gasteiger charge is -2.38. The third-order valence-corrected chi connectivity index (χ3v) is 6.48. The molecule has 34 heavy (non-hydrogen) atoms. The van der Waals surface area contributed by atoms with Crippen molar-refractivity contribution < 1.29 is 32.6 Å². The highest BCUT2D eigenvalue weighted by Gasteiger charge is 2.35. The van der Waals surface area contributed by atoms with Crippen molar-refractivity contribution in [3.8, 4) is 0 Å². The second-order valence-electron chi connectivity index (χ2n) is 8.84. The Hall–Kier alpha value is -2.91. The molecule has 2 aliphatic rings. The quantitative estimate of drug-likeness (QED) is 0.652. The fourth-order valence-electron chi connectivity index (χ4n) is 4.51. The molecule has 1 saturated carbocycles. The number of hydrogen-bond donors (Lipinski definition) is 2. The zero-order chi connectivity index (χ0) is 24.3. The lowest BCUT2D eigenvalue weighted by Crippen LogP contribution is -2.51. The Balaban J connectivity index is 1.44. The average molecular weight is 476 g/mol. The number of amides is 2. The molecule has 2 atom stereocenters. The molecule has 9 heteroatoms. The van der Waals surface area contributed by atoms with Crippen LogP contribution in [0.25, 0.3) is 0 Å². The van der Waals surface area contributed by atoms with Crippen LogP contribution < -0.4 is 5.32 Å². The van der Waals surface area contributed by atoms with Crippen molar-refractivity contribution in [1.29, 1.82) is 0 Å². The van der Waals surface area contributed by atoms with Gasteiger partial charge in [0.15, 0.2) is 0 Å². The number of carbonyl (C=O) groups excluding carboxylic acids is 2. The molecule has 182 valence electrons. The van der Waals surface area contributed by atoms with Crippen molar-refractivity contribution in [2.75, 3.05) is 18.5 Å². The maximum Gasteiger partial charge on any atom is 0.416 e. The van der Waals surface area contributed by atoms with E-state index >= 15 is 0 Å². The van der Waals surface area contributed by atoms with Gasteiger partial charge in [0, 0.05) is 18.2 Å². The molecule has 1 saturated heterocycles. The molecule has 2 aromatic carbocycles. The number of morpholine rings is 1. The van der Waals surface area contributed by atoms with Gasteiger partial charge in [-0.15, -0.1) is 0 Å². The third-order valence-electron chi connectivity index (χ3n) is 6.48. The fourth-order valence-corrected chi connectivity index (χ4v) is 4.51. The van der Waals surface area contributed by atoms with Crippen LogP contribution in [0.5, 0.6) is 0 Å². The number of aliphatic hydroxyl groups is 1. The summed E-state index contributed by atoms with van der Waals surface area (Å²) in [4.78, 5) is 26.3. The maximum absolute atomic E-state index is 12.8. The molecular weight excluding hydrogens is 449 g/mol. The number of ether oxygens (including phenoxy) is 1. The summed E-state index contributed by atoms with van der Waals surface area (Å²) < 4.78 is 43.9. The van der Waals surface area contributed by atoms with Crippen molar-refractivity contribution in [1.82, 2.24) is 4.90 Å². The summed E-state index contributed by atoms with van der Waals surface area (Å²) in [5, 5.41) is 13.9. The monoisotopic (exact) mass is 476 g/mol. The molecule has 2 N–H and O–H groups in total. The number of aliphatic hydroxyl groups excluding tert-OH is 1. The minimum Gasteiger partial charge on any atom is -0.386 e. The molecule has 6 nitrogen and oxygen atoms in total. The van der Waals surface area contributed by atoms with E-state index in [1.807, 2.05) is 0 Å². The van der Waals surface area contributed by atoms with Gasteiger partial charge >= 0.3 is 6.18 Å². The first-order valence-corrected chi connectivity index (χ1v) is 11.3. The van der Waals surface area contributed by atoms with Crippen molar-refractivity contribution in [3.05, 3.63) is 65.2 Å². The van der Waals surface area contributed by atoms with Gasteiger partial charge in [-0.25, -0.2) is 0 Å². The number of anilines is 1. The van der Waals surface area contributed by atoms with Crippen LogP contribution in [-0.4, -0.2) is 41.1 Å². The number of alkyl halides is 3. The minimum atomic E-state index is -4.44. The summed E-state index contributed by atoms with van der Waals surface area (Å²) in [5.41, 5.74) is 0.927. The topological polar surface area (TPSA) is 78.9 Å². The van der Waals surface area contributed by atoms with Gasteiger partial charge in [-0.05, 0) is 48.2 Å². The van der Waals surface area contributed by atoms with Crippen LogP contribution in [0, 0.1) is 5.92 Å². The lowest BCUT2D eigenvalue weighted by molar-refractivity contribution is -0.155. The molecule has 0 bridgehead atoms. The fraction of sp³-hybridized carbons (Fsp3) is 0.440. The van der Waals surface area contributed by atoms with Crippen molar-refractivity contribution >= 4 is 17.5 Å². The first-order valence-electron chi connectivity index (χ1n) is 11.3. The summed E-state index contributed by atoms with van der Waals surface area (Å²) in [7, 11) is 0. The minimum absolute atomic E-state index is 0.000192. The number of benzene rings is 2. The summed E-state index contributed by atoms with van der Waals surface area (Å²) in [6.45, 7) is -0.0126. The molecule has 2 aromatic rings. The standard InChI is InChI=1S/C25H27F3N2O4/c26-25(27,28)19-9-5-16(6-10-19)13-30-21(14-34-15-22(30)31)23(32)17-7-11-20(12-8-17)29-24(33)18-3-1-2-4-18/h5-12,18,21,23,32H,1-4,13-15H2,(H,29,33)/t21-,23-/m1/s1. The number of nitrogens with one attached hydrogen (secondary N) is 1. The Kier molecular flexibility index (Phi) is 7.23. The smallest absolute Gasteiger partial charge is 0.386 e. The molecular formula is C25H27F3N2O4. The summed E-state index contributed by atoms with van der Waals surface area (Å²) in [5.74, 6) is -0.315. The number of hydrogen-bond acceptors (Lipinski definition) is 4. The van der Waals surface area contributed by atoms with Crippen LogP contribution in [-0.2, 0) is 27.0 Å². The van der Waals surface area contributed by atoms with E-state index < -0.39 is 23.9 Å². The zero-order valence-electron chi connectivity index (χ0n) is 18.6. The molecule has 1 heterocycles. The highest BCUT2D eigenvalue weighted by molar-refractivity contribution is 5.92. The zero-order valence-corrected chi connectivity index (χ0v) is 18.6. The Morgan fingerprint density at radius 2 is 1.74 bits per heavy atom. The molecule has 1 aliphatic heterocycles. The van der Waals surface area contributed by atoms with E-state index in [0.29, 0.717) is 16.8 Å². The molecule has 1 aliphatic carbocycles. The van der Waals surface area contributed by atoms with Gasteiger partial charge in [0.05, 0.1) is 18.2 Å². The van der Waals surface area contributed by atoms with Gasteiger partial charge in [-0.3, -0.25) is 9.59 Å². The van der Waals surface area contributed by atoms with E-state index in [1.54, 1.807) is 24.3 Å². The summed E-state index contributed by atoms with van der Waals surface area (Å²) in [6.07, 6.45) is -1.59.